The van der Waals surface area contributed by atoms with E-state index in [4.69, 9.17) is 0 Å². The van der Waals surface area contributed by atoms with Gasteiger partial charge in [-0.2, -0.15) is 0 Å². The fourth-order valence-corrected chi connectivity index (χ4v) is 0. The molecular weight excluding hydrogens is 77.0 g/mol. The van der Waals surface area contributed by atoms with E-state index in [1.807, 2.05) is 0 Å². The van der Waals surface area contributed by atoms with Crippen LogP contribution in [0.1, 0.15) is 13.8 Å². The minimum atomic E-state index is 0.522. The Morgan fingerprint density at radius 2 is 1.80 bits per heavy atom. The van der Waals surface area contributed by atoms with Gasteiger partial charge in [-0.05, 0) is 0 Å². The van der Waals surface area contributed by atoms with E-state index in [2.05, 4.69) is 17.8 Å². The Hall–Kier alpha value is 0.332. The summed E-state index contributed by atoms with van der Waals surface area (Å²) < 4.78 is 3.92. The molecule has 0 N–H and O–H groups in total. The van der Waals surface area contributed by atoms with Gasteiger partial charge in [-0.15, -0.1) is 0 Å². The van der Waals surface area contributed by atoms with Crippen molar-refractivity contribution >= 4 is 16.1 Å². The molecule has 0 bridgehead atoms. The van der Waals surface area contributed by atoms with Crippen molar-refractivity contribution in [2.75, 3.05) is 0 Å². The van der Waals surface area contributed by atoms with Crippen LogP contribution >= 0.6 is 0 Å². The monoisotopic (exact) mass is 85.0 g/mol. The van der Waals surface area contributed by atoms with Crippen molar-refractivity contribution < 1.29 is 0 Å². The van der Waals surface area contributed by atoms with Crippen LogP contribution in [-0.4, -0.2) is 22.1 Å². The van der Waals surface area contributed by atoms with Crippen molar-refractivity contribution in [2.24, 2.45) is 3.93 Å². The molecule has 0 radical (unpaired) electrons. The average Bonchev–Trinajstić information content (AvgIpc) is 1.38. The Labute approximate surface area is 40.6 Å². The molecule has 0 unspecified atom stereocenters. The summed E-state index contributed by atoms with van der Waals surface area (Å²) in [6, 6.07) is 0.522. The molecule has 0 spiro atoms. The van der Waals surface area contributed by atoms with Crippen LogP contribution < -0.4 is 0 Å². The van der Waals surface area contributed by atoms with Gasteiger partial charge in [-0.25, -0.2) is 0 Å². The first-order chi connectivity index (χ1) is 2.27. The Kier molecular flexibility index (Phi) is 2.73. The van der Waals surface area contributed by atoms with E-state index in [1.54, 1.807) is 16.1 Å². The van der Waals surface area contributed by atoms with E-state index >= 15 is 0 Å². The predicted octanol–water partition coefficient (Wildman–Crippen LogP) is 0.479. The van der Waals surface area contributed by atoms with Crippen molar-refractivity contribution in [2.45, 2.75) is 19.9 Å². The SMILES string of the molecule is CC(C)[N]=[AlH]. The van der Waals surface area contributed by atoms with Crippen LogP contribution in [0.4, 0.5) is 0 Å². The van der Waals surface area contributed by atoms with E-state index in [1.165, 1.54) is 0 Å². The van der Waals surface area contributed by atoms with Crippen molar-refractivity contribution in [1.82, 2.24) is 0 Å². The van der Waals surface area contributed by atoms with Crippen molar-refractivity contribution in [1.29, 1.82) is 0 Å². The van der Waals surface area contributed by atoms with Gasteiger partial charge < -0.3 is 0 Å². The zero-order valence-corrected chi connectivity index (χ0v) is 5.15. The van der Waals surface area contributed by atoms with Crippen LogP contribution in [0.15, 0.2) is 3.93 Å². The normalized spacial score (nSPS) is 8.40. The van der Waals surface area contributed by atoms with Crippen LogP contribution in [0.2, 0.25) is 0 Å². The quantitative estimate of drug-likeness (QED) is 0.411. The van der Waals surface area contributed by atoms with Crippen molar-refractivity contribution in [3.05, 3.63) is 0 Å². The van der Waals surface area contributed by atoms with Crippen LogP contribution in [-0.2, 0) is 0 Å². The zero-order chi connectivity index (χ0) is 4.28. The number of hydrogen-bond acceptors (Lipinski definition) is 1. The van der Waals surface area contributed by atoms with Gasteiger partial charge in [0.1, 0.15) is 0 Å². The molecule has 5 heavy (non-hydrogen) atoms. The summed E-state index contributed by atoms with van der Waals surface area (Å²) in [5, 5.41) is 0. The Morgan fingerprint density at radius 3 is 1.80 bits per heavy atom. The van der Waals surface area contributed by atoms with Gasteiger partial charge in [-0.3, -0.25) is 0 Å². The van der Waals surface area contributed by atoms with Gasteiger partial charge in [0.2, 0.25) is 0 Å². The van der Waals surface area contributed by atoms with Crippen molar-refractivity contribution in [3.8, 4) is 0 Å². The molecule has 0 aromatic carbocycles. The fourth-order valence-electron chi connectivity index (χ4n) is 0. The summed E-state index contributed by atoms with van der Waals surface area (Å²) in [5.41, 5.74) is 0. The molecule has 1 nitrogen and oxygen atoms in total. The molecular formula is C3H8AlN. The van der Waals surface area contributed by atoms with Crippen LogP contribution in [0.25, 0.3) is 0 Å². The Bertz CT molecular complexity index is 33.9. The third kappa shape index (κ3) is 4.33. The second-order valence-corrected chi connectivity index (χ2v) is 1.64. The number of nitrogens with zero attached hydrogens (tertiary/aromatic N) is 1. The molecule has 0 aromatic heterocycles. The Balaban J connectivity index is 2.83. The first-order valence-electron chi connectivity index (χ1n) is 1.73. The van der Waals surface area contributed by atoms with E-state index in [0.717, 1.165) is 0 Å². The molecule has 0 rings (SSSR count). The second-order valence-electron chi connectivity index (χ2n) is 1.28. The Morgan fingerprint density at radius 1 is 1.60 bits per heavy atom. The minimum absolute atomic E-state index is 0.522. The molecule has 0 aliphatic heterocycles. The summed E-state index contributed by atoms with van der Waals surface area (Å²) >= 11 is 1.66. The molecule has 0 saturated heterocycles. The van der Waals surface area contributed by atoms with Gasteiger partial charge in [0.15, 0.2) is 0 Å². The third-order valence-electron chi connectivity index (χ3n) is 0.365. The van der Waals surface area contributed by atoms with Crippen LogP contribution in [0.3, 0.4) is 0 Å². The molecule has 0 aliphatic rings. The average molecular weight is 85.1 g/mol. The molecule has 0 amide bonds. The van der Waals surface area contributed by atoms with Gasteiger partial charge >= 0.3 is 39.9 Å². The maximum atomic E-state index is 3.92. The van der Waals surface area contributed by atoms with E-state index in [0.29, 0.717) is 6.04 Å². The number of rotatable bonds is 1. The number of hydrogen-bond donors (Lipinski definition) is 0. The molecule has 0 fully saturated rings. The molecule has 0 atom stereocenters. The first-order valence-corrected chi connectivity index (χ1v) is 2.36. The summed E-state index contributed by atoms with van der Waals surface area (Å²) in [4.78, 5) is 0. The van der Waals surface area contributed by atoms with Gasteiger partial charge in [-0.1, -0.05) is 0 Å². The first kappa shape index (κ1) is 5.33. The van der Waals surface area contributed by atoms with Gasteiger partial charge in [0.05, 0.1) is 0 Å². The summed E-state index contributed by atoms with van der Waals surface area (Å²) in [6.45, 7) is 4.12. The maximum absolute atomic E-state index is 3.92. The van der Waals surface area contributed by atoms with E-state index < -0.39 is 0 Å². The molecule has 0 saturated carbocycles. The summed E-state index contributed by atoms with van der Waals surface area (Å²) in [6.07, 6.45) is 0. The molecule has 0 aromatic rings. The standard InChI is InChI=1S/C3H7N.Al.H/c1-3(2)4;;/h3H,1-2H3;;. The van der Waals surface area contributed by atoms with E-state index in [-0.39, 0.29) is 0 Å². The fraction of sp³-hybridized carbons (Fsp3) is 1.00. The third-order valence-corrected chi connectivity index (χ3v) is 1.10. The van der Waals surface area contributed by atoms with E-state index in [9.17, 15) is 0 Å². The van der Waals surface area contributed by atoms with Crippen LogP contribution in [0.5, 0.6) is 0 Å². The molecule has 0 heterocycles. The molecule has 28 valence electrons. The molecule has 0 aliphatic carbocycles. The summed E-state index contributed by atoms with van der Waals surface area (Å²) in [5.74, 6) is 0. The van der Waals surface area contributed by atoms with Gasteiger partial charge in [0.25, 0.3) is 0 Å². The molecule has 2 heteroatoms. The van der Waals surface area contributed by atoms with Crippen LogP contribution in [0, 0.1) is 0 Å². The zero-order valence-electron chi connectivity index (χ0n) is 3.73. The van der Waals surface area contributed by atoms with Crippen molar-refractivity contribution in [3.63, 3.8) is 0 Å². The second kappa shape index (κ2) is 2.56. The predicted molar refractivity (Wildman–Crippen MR) is 24.7 cm³/mol. The van der Waals surface area contributed by atoms with Gasteiger partial charge in [0, 0.05) is 0 Å². The summed E-state index contributed by atoms with van der Waals surface area (Å²) in [7, 11) is 0. The topological polar surface area (TPSA) is 12.4 Å².